The first-order valence-electron chi connectivity index (χ1n) is 13.6. The molecule has 4 rings (SSSR count). The van der Waals surface area contributed by atoms with E-state index in [1.54, 1.807) is 6.07 Å². The summed E-state index contributed by atoms with van der Waals surface area (Å²) >= 11 is 3.43. The van der Waals surface area contributed by atoms with Gasteiger partial charge < -0.3 is 0 Å². The predicted octanol–water partition coefficient (Wildman–Crippen LogP) is 5.51. The number of rotatable bonds is 10. The van der Waals surface area contributed by atoms with E-state index in [9.17, 15) is 27.7 Å². The van der Waals surface area contributed by atoms with Crippen LogP contribution in [0.2, 0.25) is 0 Å². The summed E-state index contributed by atoms with van der Waals surface area (Å²) in [4.78, 5) is 33.3. The van der Waals surface area contributed by atoms with Gasteiger partial charge in [-0.15, -0.1) is 0 Å². The molecule has 0 saturated carbocycles. The minimum atomic E-state index is -4.85. The fourth-order valence-corrected chi connectivity index (χ4v) is 6.88. The fraction of sp³-hybridized carbons (Fsp3) is 0.258. The number of nitrogens with one attached hydrogen (secondary N) is 1. The number of anilines is 1. The Balaban J connectivity index is 1.99. The number of pyridine rings is 1. The molecule has 0 fully saturated rings. The van der Waals surface area contributed by atoms with E-state index in [1.807, 2.05) is 31.6 Å². The molecule has 2 aromatic heterocycles. The van der Waals surface area contributed by atoms with E-state index >= 15 is 4.39 Å². The number of carbonyl (C=O) groups is 2. The molecule has 0 bridgehead atoms. The Kier molecular flexibility index (Phi) is 9.84. The van der Waals surface area contributed by atoms with Gasteiger partial charge in [0, 0.05) is 29.5 Å². The summed E-state index contributed by atoms with van der Waals surface area (Å²) in [5.41, 5.74) is -2.64. The van der Waals surface area contributed by atoms with Crippen LogP contribution in [0.15, 0.2) is 88.6 Å². The Morgan fingerprint density at radius 3 is 2.36 bits per heavy atom. The van der Waals surface area contributed by atoms with Crippen LogP contribution in [0.1, 0.15) is 49.5 Å². The van der Waals surface area contributed by atoms with Crippen molar-refractivity contribution in [3.8, 4) is 6.07 Å². The van der Waals surface area contributed by atoms with Crippen LogP contribution in [0.4, 0.5) is 14.6 Å². The van der Waals surface area contributed by atoms with Crippen LogP contribution >= 0.6 is 15.9 Å². The molecule has 1 atom stereocenters. The number of hydrogen-bond donors (Lipinski definition) is 1. The van der Waals surface area contributed by atoms with Crippen LogP contribution < -0.4 is 9.62 Å². The average Bonchev–Trinajstić information content (AvgIpc) is 3.49. The normalized spacial score (nSPS) is 13.0. The van der Waals surface area contributed by atoms with Gasteiger partial charge in [-0.05, 0) is 59.9 Å². The van der Waals surface area contributed by atoms with Gasteiger partial charge in [-0.25, -0.2) is 26.9 Å². The summed E-state index contributed by atoms with van der Waals surface area (Å²) in [7, 11) is -4.85. The van der Waals surface area contributed by atoms with Crippen molar-refractivity contribution in [1.29, 1.82) is 5.26 Å². The van der Waals surface area contributed by atoms with Crippen molar-refractivity contribution in [2.75, 3.05) is 4.90 Å². The Bertz CT molecular complexity index is 1860. The smallest absolute Gasteiger partial charge is 0.267 e. The van der Waals surface area contributed by atoms with Crippen molar-refractivity contribution in [2.45, 2.75) is 56.0 Å². The molecule has 0 radical (unpaired) electrons. The minimum absolute atomic E-state index is 0.138. The van der Waals surface area contributed by atoms with Crippen LogP contribution in [0.3, 0.4) is 0 Å². The number of amides is 2. The first kappa shape index (κ1) is 33.4. The second kappa shape index (κ2) is 13.3. The molecular formula is C31H29BrF2N6O4S. The predicted molar refractivity (Wildman–Crippen MR) is 165 cm³/mol. The Hall–Kier alpha value is -4.48. The van der Waals surface area contributed by atoms with E-state index in [0.717, 1.165) is 17.0 Å². The summed E-state index contributed by atoms with van der Waals surface area (Å²) < 4.78 is 60.8. The van der Waals surface area contributed by atoms with Crippen molar-refractivity contribution in [3.63, 3.8) is 0 Å². The molecule has 2 amide bonds. The van der Waals surface area contributed by atoms with E-state index in [-0.39, 0.29) is 12.2 Å². The van der Waals surface area contributed by atoms with Gasteiger partial charge in [0.25, 0.3) is 21.8 Å². The largest absolute Gasteiger partial charge is 0.275 e. The van der Waals surface area contributed by atoms with E-state index in [4.69, 9.17) is 0 Å². The highest BCUT2D eigenvalue weighted by atomic mass is 79.9. The monoisotopic (exact) mass is 698 g/mol. The number of nitrogens with zero attached hydrogens (tertiary/aromatic N) is 5. The lowest BCUT2D eigenvalue weighted by Crippen LogP contribution is -2.64. The quantitative estimate of drug-likeness (QED) is 0.231. The maximum Gasteiger partial charge on any atom is 0.267 e. The maximum absolute atomic E-state index is 15.8. The van der Waals surface area contributed by atoms with Crippen LogP contribution in [-0.2, 0) is 26.8 Å². The van der Waals surface area contributed by atoms with Gasteiger partial charge in [-0.3, -0.25) is 19.2 Å². The molecule has 1 N–H and O–H groups in total. The molecule has 10 nitrogen and oxygen atoms in total. The van der Waals surface area contributed by atoms with Crippen LogP contribution in [0.5, 0.6) is 0 Å². The van der Waals surface area contributed by atoms with E-state index < -0.39 is 67.9 Å². The Morgan fingerprint density at radius 1 is 1.04 bits per heavy atom. The molecule has 14 heteroatoms. The van der Waals surface area contributed by atoms with Gasteiger partial charge in [-0.1, -0.05) is 54.9 Å². The second-order valence-corrected chi connectivity index (χ2v) is 13.7. The summed E-state index contributed by atoms with van der Waals surface area (Å²) in [6.45, 7) is 5.12. The molecule has 0 aliphatic rings. The maximum atomic E-state index is 15.8. The molecule has 1 unspecified atom stereocenters. The van der Waals surface area contributed by atoms with Crippen molar-refractivity contribution in [3.05, 3.63) is 106 Å². The van der Waals surface area contributed by atoms with Gasteiger partial charge in [0.05, 0.1) is 18.2 Å². The number of aromatic nitrogens is 3. The fourth-order valence-electron chi connectivity index (χ4n) is 4.82. The van der Waals surface area contributed by atoms with Crippen molar-refractivity contribution < 1.29 is 26.8 Å². The van der Waals surface area contributed by atoms with Gasteiger partial charge in [0.15, 0.2) is 0 Å². The van der Waals surface area contributed by atoms with Crippen molar-refractivity contribution in [2.24, 2.45) is 0 Å². The molecule has 0 aliphatic heterocycles. The molecule has 0 aliphatic carbocycles. The lowest BCUT2D eigenvalue weighted by atomic mass is 9.85. The zero-order chi connectivity index (χ0) is 33.0. The molecule has 2 heterocycles. The number of benzene rings is 2. The first-order valence-corrected chi connectivity index (χ1v) is 15.9. The van der Waals surface area contributed by atoms with Crippen LogP contribution in [-0.4, -0.2) is 40.5 Å². The third-order valence-electron chi connectivity index (χ3n) is 7.01. The van der Waals surface area contributed by atoms with Crippen molar-refractivity contribution >= 4 is 43.6 Å². The standard InChI is InChI=1S/C31H29BrF2N6O4S/c1-30(2,3)22-19-25(34)21(18-23(22)32)28(41)40(27-12-6-7-15-36-27)31(13-8-14-35,20-39-17-9-16-37-39)29(42)38-45(43,44)26-11-5-4-10-24(26)33/h4-7,9-12,15-19H,8,13,20H2,1-3H3,(H,38,42). The highest BCUT2D eigenvalue weighted by molar-refractivity contribution is 9.10. The van der Waals surface area contributed by atoms with E-state index in [2.05, 4.69) is 26.0 Å². The van der Waals surface area contributed by atoms with E-state index in [0.29, 0.717) is 10.0 Å². The minimum Gasteiger partial charge on any atom is -0.275 e. The number of nitriles is 1. The van der Waals surface area contributed by atoms with Crippen molar-refractivity contribution in [1.82, 2.24) is 19.5 Å². The molecule has 45 heavy (non-hydrogen) atoms. The Labute approximate surface area is 267 Å². The summed E-state index contributed by atoms with van der Waals surface area (Å²) in [6.07, 6.45) is 3.42. The number of hydrogen-bond acceptors (Lipinski definition) is 7. The Morgan fingerprint density at radius 2 is 1.76 bits per heavy atom. The average molecular weight is 700 g/mol. The molecule has 2 aromatic carbocycles. The highest BCUT2D eigenvalue weighted by Gasteiger charge is 2.50. The third kappa shape index (κ3) is 7.10. The van der Waals surface area contributed by atoms with E-state index in [1.165, 1.54) is 65.7 Å². The topological polar surface area (TPSA) is 138 Å². The first-order chi connectivity index (χ1) is 21.2. The third-order valence-corrected chi connectivity index (χ3v) is 9.03. The van der Waals surface area contributed by atoms with Gasteiger partial charge in [0.1, 0.15) is 27.9 Å². The lowest BCUT2D eigenvalue weighted by molar-refractivity contribution is -0.125. The summed E-state index contributed by atoms with van der Waals surface area (Å²) in [5.74, 6) is -4.49. The SMILES string of the molecule is CC(C)(C)c1cc(F)c(C(=O)N(c2ccccn2)C(CCC#N)(Cn2cccn2)C(=O)NS(=O)(=O)c2ccccc2F)cc1Br. The van der Waals surface area contributed by atoms with Crippen LogP contribution in [0.25, 0.3) is 0 Å². The van der Waals surface area contributed by atoms with Gasteiger partial charge in [-0.2, -0.15) is 10.4 Å². The molecule has 0 spiro atoms. The molecule has 4 aromatic rings. The van der Waals surface area contributed by atoms with Gasteiger partial charge >= 0.3 is 0 Å². The molecule has 0 saturated heterocycles. The lowest BCUT2D eigenvalue weighted by Gasteiger charge is -2.41. The van der Waals surface area contributed by atoms with Crippen LogP contribution in [0, 0.1) is 23.0 Å². The molecular weight excluding hydrogens is 670 g/mol. The number of halogens is 3. The number of carbonyl (C=O) groups excluding carboxylic acids is 2. The second-order valence-electron chi connectivity index (χ2n) is 11.1. The zero-order valence-corrected chi connectivity index (χ0v) is 26.9. The van der Waals surface area contributed by atoms with Gasteiger partial charge in [0.2, 0.25) is 0 Å². The zero-order valence-electron chi connectivity index (χ0n) is 24.5. The number of sulfonamides is 1. The summed E-state index contributed by atoms with van der Waals surface area (Å²) in [5, 5.41) is 13.8. The summed E-state index contributed by atoms with van der Waals surface area (Å²) in [6, 6.07) is 14.9. The molecule has 234 valence electrons. The highest BCUT2D eigenvalue weighted by Crippen LogP contribution is 2.36.